The smallest absolute Gasteiger partial charge is 0.236 e. The van der Waals surface area contributed by atoms with E-state index in [4.69, 9.17) is 9.47 Å². The summed E-state index contributed by atoms with van der Waals surface area (Å²) in [6.07, 6.45) is 0. The Morgan fingerprint density at radius 1 is 0.917 bits per heavy atom. The molecule has 124 valence electrons. The molecule has 1 N–H and O–H groups in total. The molecule has 2 rings (SSSR count). The van der Waals surface area contributed by atoms with Gasteiger partial charge >= 0.3 is 0 Å². The van der Waals surface area contributed by atoms with Gasteiger partial charge in [0.05, 0.1) is 25.6 Å². The van der Waals surface area contributed by atoms with Crippen molar-refractivity contribution in [3.8, 4) is 11.5 Å². The minimum atomic E-state index is -0.298. The number of hydrogen-bond acceptors (Lipinski definition) is 6. The first kappa shape index (κ1) is 17.1. The maximum Gasteiger partial charge on any atom is 0.236 e. The second-order valence-electron chi connectivity index (χ2n) is 4.73. The highest BCUT2D eigenvalue weighted by molar-refractivity contribution is 6.38. The summed E-state index contributed by atoms with van der Waals surface area (Å²) >= 11 is 0. The summed E-state index contributed by atoms with van der Waals surface area (Å²) in [7, 11) is 3.18. The van der Waals surface area contributed by atoms with Crippen LogP contribution in [0.5, 0.6) is 11.5 Å². The number of hydrazone groups is 1. The van der Waals surface area contributed by atoms with Crippen LogP contribution in [0.3, 0.4) is 0 Å². The van der Waals surface area contributed by atoms with E-state index in [1.54, 1.807) is 62.8 Å². The fourth-order valence-corrected chi connectivity index (χ4v) is 1.71. The number of nitrogens with one attached hydrogen (secondary N) is 1. The standard InChI is InChI=1S/C17H18N4O3/c1-12(22)17(20-18-13-4-8-15(23-2)9-5-13)21-19-14-6-10-16(24-3)11-7-14/h4-11,18H,1-3H3/b20-17+,21-19?. The van der Waals surface area contributed by atoms with Gasteiger partial charge in [0.1, 0.15) is 11.5 Å². The zero-order valence-electron chi connectivity index (χ0n) is 13.7. The Morgan fingerprint density at radius 3 is 1.96 bits per heavy atom. The van der Waals surface area contributed by atoms with E-state index in [1.165, 1.54) is 6.92 Å². The van der Waals surface area contributed by atoms with Crippen LogP contribution < -0.4 is 14.9 Å². The third kappa shape index (κ3) is 4.91. The number of hydrogen-bond donors (Lipinski definition) is 1. The largest absolute Gasteiger partial charge is 0.497 e. The number of methoxy groups -OCH3 is 2. The summed E-state index contributed by atoms with van der Waals surface area (Å²) in [4.78, 5) is 11.6. The van der Waals surface area contributed by atoms with Crippen molar-refractivity contribution in [2.24, 2.45) is 15.3 Å². The predicted octanol–water partition coefficient (Wildman–Crippen LogP) is 3.80. The quantitative estimate of drug-likeness (QED) is 0.379. The second kappa shape index (κ2) is 8.42. The molecule has 0 aliphatic rings. The molecule has 7 heteroatoms. The molecule has 0 heterocycles. The summed E-state index contributed by atoms with van der Waals surface area (Å²) in [5, 5.41) is 11.9. The summed E-state index contributed by atoms with van der Waals surface area (Å²) in [5.41, 5.74) is 4.06. The molecule has 0 aliphatic heterocycles. The van der Waals surface area contributed by atoms with Gasteiger partial charge in [-0.1, -0.05) is 0 Å². The van der Waals surface area contributed by atoms with Crippen LogP contribution in [0.25, 0.3) is 0 Å². The van der Waals surface area contributed by atoms with Gasteiger partial charge in [-0.3, -0.25) is 10.2 Å². The molecule has 0 unspecified atom stereocenters. The van der Waals surface area contributed by atoms with Crippen molar-refractivity contribution < 1.29 is 14.3 Å². The molecule has 0 amide bonds. The number of ketones is 1. The predicted molar refractivity (Wildman–Crippen MR) is 92.2 cm³/mol. The summed E-state index contributed by atoms with van der Waals surface area (Å²) in [6, 6.07) is 14.1. The Bertz CT molecular complexity index is 737. The van der Waals surface area contributed by atoms with Crippen molar-refractivity contribution >= 4 is 23.0 Å². The summed E-state index contributed by atoms with van der Waals surface area (Å²) in [6.45, 7) is 1.38. The molecule has 0 atom stereocenters. The Morgan fingerprint density at radius 2 is 1.46 bits per heavy atom. The van der Waals surface area contributed by atoms with E-state index in [9.17, 15) is 4.79 Å². The lowest BCUT2D eigenvalue weighted by Crippen LogP contribution is -2.08. The number of carbonyl (C=O) groups excluding carboxylic acids is 1. The molecule has 0 saturated heterocycles. The van der Waals surface area contributed by atoms with Crippen molar-refractivity contribution in [1.29, 1.82) is 0 Å². The van der Waals surface area contributed by atoms with Crippen LogP contribution in [-0.2, 0) is 4.79 Å². The lowest BCUT2D eigenvalue weighted by Gasteiger charge is -2.03. The van der Waals surface area contributed by atoms with Gasteiger partial charge in [-0.25, -0.2) is 0 Å². The van der Waals surface area contributed by atoms with Crippen LogP contribution >= 0.6 is 0 Å². The number of Topliss-reactive ketones (excluding diaryl/α,β-unsaturated/α-hetero) is 1. The van der Waals surface area contributed by atoms with E-state index >= 15 is 0 Å². The fraction of sp³-hybridized carbons (Fsp3) is 0.176. The highest BCUT2D eigenvalue weighted by Crippen LogP contribution is 2.18. The molecule has 0 fully saturated rings. The molecule has 0 saturated carbocycles. The average molecular weight is 326 g/mol. The van der Waals surface area contributed by atoms with Gasteiger partial charge < -0.3 is 9.47 Å². The molecule has 24 heavy (non-hydrogen) atoms. The fourth-order valence-electron chi connectivity index (χ4n) is 1.71. The average Bonchev–Trinajstić information content (AvgIpc) is 2.62. The minimum absolute atomic E-state index is 0.0263. The van der Waals surface area contributed by atoms with Crippen molar-refractivity contribution in [3.63, 3.8) is 0 Å². The topological polar surface area (TPSA) is 84.6 Å². The van der Waals surface area contributed by atoms with Gasteiger partial charge in [0.25, 0.3) is 0 Å². The maximum atomic E-state index is 11.6. The Labute approximate surface area is 140 Å². The molecule has 0 radical (unpaired) electrons. The maximum absolute atomic E-state index is 11.6. The van der Waals surface area contributed by atoms with Crippen molar-refractivity contribution in [1.82, 2.24) is 0 Å². The Hall–Kier alpha value is -3.22. The van der Waals surface area contributed by atoms with Crippen LogP contribution in [0.4, 0.5) is 11.4 Å². The van der Waals surface area contributed by atoms with E-state index in [1.807, 2.05) is 0 Å². The third-order valence-electron chi connectivity index (χ3n) is 3.03. The number of nitrogens with zero attached hydrogens (tertiary/aromatic N) is 3. The zero-order valence-corrected chi connectivity index (χ0v) is 13.7. The highest BCUT2D eigenvalue weighted by atomic mass is 16.5. The van der Waals surface area contributed by atoms with Crippen molar-refractivity contribution in [2.45, 2.75) is 6.92 Å². The highest BCUT2D eigenvalue weighted by Gasteiger charge is 2.05. The van der Waals surface area contributed by atoms with E-state index in [-0.39, 0.29) is 11.6 Å². The van der Waals surface area contributed by atoms with Crippen molar-refractivity contribution in [3.05, 3.63) is 48.5 Å². The molecule has 0 aromatic heterocycles. The van der Waals surface area contributed by atoms with E-state index in [0.29, 0.717) is 11.4 Å². The van der Waals surface area contributed by atoms with E-state index < -0.39 is 0 Å². The minimum Gasteiger partial charge on any atom is -0.497 e. The molecule has 0 aliphatic carbocycles. The molecular weight excluding hydrogens is 308 g/mol. The van der Waals surface area contributed by atoms with Crippen LogP contribution in [0.2, 0.25) is 0 Å². The summed E-state index contributed by atoms with van der Waals surface area (Å²) < 4.78 is 10.1. The first-order chi connectivity index (χ1) is 11.6. The molecule has 2 aromatic carbocycles. The lowest BCUT2D eigenvalue weighted by molar-refractivity contribution is -0.111. The lowest BCUT2D eigenvalue weighted by atomic mass is 10.3. The van der Waals surface area contributed by atoms with Gasteiger partial charge in [0, 0.05) is 6.92 Å². The van der Waals surface area contributed by atoms with Gasteiger partial charge in [0.15, 0.2) is 0 Å². The first-order valence-corrected chi connectivity index (χ1v) is 7.17. The number of azo groups is 1. The van der Waals surface area contributed by atoms with Gasteiger partial charge in [-0.2, -0.15) is 0 Å². The number of anilines is 1. The number of carbonyl (C=O) groups is 1. The van der Waals surface area contributed by atoms with Crippen LogP contribution in [-0.4, -0.2) is 25.8 Å². The SMILES string of the molecule is COc1ccc(N=N/C(=N/Nc2ccc(OC)cc2)C(C)=O)cc1. The summed E-state index contributed by atoms with van der Waals surface area (Å²) in [5.74, 6) is 1.13. The monoisotopic (exact) mass is 326 g/mol. The number of benzene rings is 2. The third-order valence-corrected chi connectivity index (χ3v) is 3.03. The molecule has 7 nitrogen and oxygen atoms in total. The molecule has 0 bridgehead atoms. The van der Waals surface area contributed by atoms with E-state index in [2.05, 4.69) is 20.8 Å². The van der Waals surface area contributed by atoms with Gasteiger partial charge in [0.2, 0.25) is 11.6 Å². The van der Waals surface area contributed by atoms with Crippen LogP contribution in [0.1, 0.15) is 6.92 Å². The Balaban J connectivity index is 2.09. The molecule has 2 aromatic rings. The second-order valence-corrected chi connectivity index (χ2v) is 4.73. The normalized spacial score (nSPS) is 11.4. The Kier molecular flexibility index (Phi) is 6.01. The number of ether oxygens (including phenoxy) is 2. The molecular formula is C17H18N4O3. The first-order valence-electron chi connectivity index (χ1n) is 7.17. The zero-order chi connectivity index (χ0) is 17.4. The number of amidine groups is 1. The molecule has 0 spiro atoms. The van der Waals surface area contributed by atoms with Gasteiger partial charge in [-0.15, -0.1) is 15.3 Å². The van der Waals surface area contributed by atoms with Crippen molar-refractivity contribution in [2.75, 3.05) is 19.6 Å². The van der Waals surface area contributed by atoms with Gasteiger partial charge in [-0.05, 0) is 48.5 Å². The number of rotatable bonds is 6. The van der Waals surface area contributed by atoms with Crippen LogP contribution in [0.15, 0.2) is 63.9 Å². The van der Waals surface area contributed by atoms with E-state index in [0.717, 1.165) is 11.5 Å². The van der Waals surface area contributed by atoms with Crippen LogP contribution in [0, 0.1) is 0 Å².